The number of esters is 1. The lowest BCUT2D eigenvalue weighted by Gasteiger charge is -2.30. The van der Waals surface area contributed by atoms with Crippen LogP contribution < -0.4 is 5.32 Å². The number of carbonyl (C=O) groups is 2. The zero-order valence-electron chi connectivity index (χ0n) is 17.7. The Balaban J connectivity index is 1.91. The Morgan fingerprint density at radius 3 is 2.38 bits per heavy atom. The number of benzene rings is 1. The predicted molar refractivity (Wildman–Crippen MR) is 113 cm³/mol. The van der Waals surface area contributed by atoms with Gasteiger partial charge >= 0.3 is 5.97 Å². The minimum absolute atomic E-state index is 0.0530. The van der Waals surface area contributed by atoms with Crippen molar-refractivity contribution in [2.24, 2.45) is 5.92 Å². The van der Waals surface area contributed by atoms with Crippen molar-refractivity contribution in [3.8, 4) is 0 Å². The maximum atomic E-state index is 12.5. The van der Waals surface area contributed by atoms with Crippen molar-refractivity contribution in [2.75, 3.05) is 24.2 Å². The molecule has 162 valence electrons. The third-order valence-corrected chi connectivity index (χ3v) is 7.45. The van der Waals surface area contributed by atoms with Gasteiger partial charge in [0.05, 0.1) is 11.7 Å². The first-order valence-electron chi connectivity index (χ1n) is 10.3. The van der Waals surface area contributed by atoms with Crippen LogP contribution >= 0.6 is 0 Å². The molecule has 2 rings (SSSR count). The van der Waals surface area contributed by atoms with Crippen LogP contribution in [0.2, 0.25) is 0 Å². The van der Waals surface area contributed by atoms with E-state index in [1.807, 2.05) is 24.3 Å². The van der Waals surface area contributed by atoms with E-state index < -0.39 is 22.1 Å². The van der Waals surface area contributed by atoms with E-state index in [4.69, 9.17) is 4.74 Å². The molecule has 0 saturated carbocycles. The summed E-state index contributed by atoms with van der Waals surface area (Å²) in [6.07, 6.45) is 0.834. The van der Waals surface area contributed by atoms with Gasteiger partial charge in [0.2, 0.25) is 10.0 Å². The number of para-hydroxylation sites is 1. The second-order valence-electron chi connectivity index (χ2n) is 7.54. The summed E-state index contributed by atoms with van der Waals surface area (Å²) in [5.41, 5.74) is 1.78. The molecule has 1 fully saturated rings. The molecule has 2 atom stereocenters. The summed E-state index contributed by atoms with van der Waals surface area (Å²) in [6, 6.07) is 7.62. The molecule has 1 amide bonds. The van der Waals surface area contributed by atoms with Gasteiger partial charge in [0.1, 0.15) is 0 Å². The normalized spacial score (nSPS) is 18.1. The highest BCUT2D eigenvalue weighted by Gasteiger charge is 2.32. The van der Waals surface area contributed by atoms with Crippen molar-refractivity contribution in [2.45, 2.75) is 59.0 Å². The second kappa shape index (κ2) is 10.2. The fourth-order valence-corrected chi connectivity index (χ4v) is 4.50. The minimum atomic E-state index is -3.24. The number of sulfonamides is 1. The van der Waals surface area contributed by atoms with Gasteiger partial charge in [-0.15, -0.1) is 0 Å². The van der Waals surface area contributed by atoms with Crippen molar-refractivity contribution in [1.29, 1.82) is 0 Å². The van der Waals surface area contributed by atoms with Crippen LogP contribution in [0.4, 0.5) is 5.69 Å². The monoisotopic (exact) mass is 424 g/mol. The van der Waals surface area contributed by atoms with E-state index in [1.165, 1.54) is 4.31 Å². The van der Waals surface area contributed by atoms with Gasteiger partial charge in [0, 0.05) is 18.8 Å². The summed E-state index contributed by atoms with van der Waals surface area (Å²) >= 11 is 0. The Morgan fingerprint density at radius 2 is 1.79 bits per heavy atom. The lowest BCUT2D eigenvalue weighted by molar-refractivity contribution is -0.158. The first kappa shape index (κ1) is 23.3. The second-order valence-corrected chi connectivity index (χ2v) is 9.80. The van der Waals surface area contributed by atoms with Crippen LogP contribution in [0.15, 0.2) is 24.3 Å². The maximum Gasteiger partial charge on any atom is 0.309 e. The molecule has 0 aromatic heterocycles. The average molecular weight is 425 g/mol. The summed E-state index contributed by atoms with van der Waals surface area (Å²) < 4.78 is 30.6. The number of anilines is 1. The molecule has 29 heavy (non-hydrogen) atoms. The molecule has 0 bridgehead atoms. The molecule has 7 nitrogen and oxygen atoms in total. The Labute approximate surface area is 173 Å². The van der Waals surface area contributed by atoms with E-state index in [2.05, 4.69) is 19.2 Å². The maximum absolute atomic E-state index is 12.5. The van der Waals surface area contributed by atoms with Crippen molar-refractivity contribution >= 4 is 27.6 Å². The Morgan fingerprint density at radius 1 is 1.17 bits per heavy atom. The van der Waals surface area contributed by atoms with E-state index in [0.29, 0.717) is 31.8 Å². The summed E-state index contributed by atoms with van der Waals surface area (Å²) in [5, 5.41) is 2.86. The molecule has 1 heterocycles. The van der Waals surface area contributed by atoms with Crippen molar-refractivity contribution in [1.82, 2.24) is 4.31 Å². The molecule has 1 aliphatic heterocycles. The van der Waals surface area contributed by atoms with Gasteiger partial charge in [-0.1, -0.05) is 32.0 Å². The standard InChI is InChI=1S/C21H32N2O5S/c1-5-15(3)18-9-7-8-10-19(18)22-20(24)16(4)28-21(25)17-11-13-23(14-12-17)29(26,27)6-2/h7-10,15-17H,5-6,11-14H2,1-4H3,(H,22,24). The number of rotatable bonds is 8. The number of ether oxygens (including phenoxy) is 1. The van der Waals surface area contributed by atoms with Gasteiger partial charge in [0.15, 0.2) is 6.10 Å². The molecule has 0 radical (unpaired) electrons. The smallest absolute Gasteiger partial charge is 0.309 e. The largest absolute Gasteiger partial charge is 0.452 e. The highest BCUT2D eigenvalue weighted by atomic mass is 32.2. The molecule has 1 aliphatic rings. The fourth-order valence-electron chi connectivity index (χ4n) is 3.37. The Bertz CT molecular complexity index is 816. The number of piperidine rings is 1. The molecular weight excluding hydrogens is 392 g/mol. The van der Waals surface area contributed by atoms with Crippen LogP contribution in [0.1, 0.15) is 58.4 Å². The summed E-state index contributed by atoms with van der Waals surface area (Å²) in [7, 11) is -3.24. The Kier molecular flexibility index (Phi) is 8.22. The SMILES string of the molecule is CCC(C)c1ccccc1NC(=O)C(C)OC(=O)C1CCN(S(=O)(=O)CC)CC1. The number of hydrogen-bond acceptors (Lipinski definition) is 5. The molecular formula is C21H32N2O5S. The van der Waals surface area contributed by atoms with E-state index in [1.54, 1.807) is 13.8 Å². The van der Waals surface area contributed by atoms with Crippen LogP contribution in [-0.4, -0.2) is 49.5 Å². The van der Waals surface area contributed by atoms with Crippen molar-refractivity contribution in [3.05, 3.63) is 29.8 Å². The van der Waals surface area contributed by atoms with Gasteiger partial charge in [-0.25, -0.2) is 12.7 Å². The van der Waals surface area contributed by atoms with E-state index in [0.717, 1.165) is 17.7 Å². The van der Waals surface area contributed by atoms with Gasteiger partial charge in [0.25, 0.3) is 5.91 Å². The lowest BCUT2D eigenvalue weighted by Crippen LogP contribution is -2.42. The highest BCUT2D eigenvalue weighted by Crippen LogP contribution is 2.27. The fraction of sp³-hybridized carbons (Fsp3) is 0.619. The minimum Gasteiger partial charge on any atom is -0.452 e. The first-order chi connectivity index (χ1) is 13.7. The van der Waals surface area contributed by atoms with Gasteiger partial charge in [-0.2, -0.15) is 0 Å². The van der Waals surface area contributed by atoms with Crippen LogP contribution in [0.3, 0.4) is 0 Å². The number of nitrogens with one attached hydrogen (secondary N) is 1. The van der Waals surface area contributed by atoms with Gasteiger partial charge in [-0.05, 0) is 50.7 Å². The van der Waals surface area contributed by atoms with Crippen LogP contribution in [-0.2, 0) is 24.3 Å². The van der Waals surface area contributed by atoms with Crippen LogP contribution in [0.25, 0.3) is 0 Å². The average Bonchev–Trinajstić information content (AvgIpc) is 2.73. The predicted octanol–water partition coefficient (Wildman–Crippen LogP) is 3.13. The first-order valence-corrected chi connectivity index (χ1v) is 11.9. The van der Waals surface area contributed by atoms with Crippen molar-refractivity contribution < 1.29 is 22.7 Å². The third-order valence-electron chi connectivity index (χ3n) is 5.57. The Hall–Kier alpha value is -1.93. The van der Waals surface area contributed by atoms with Crippen molar-refractivity contribution in [3.63, 3.8) is 0 Å². The molecule has 2 unspecified atom stereocenters. The molecule has 1 aromatic rings. The van der Waals surface area contributed by atoms with Gasteiger partial charge in [-0.3, -0.25) is 9.59 Å². The van der Waals surface area contributed by atoms with E-state index in [-0.39, 0.29) is 17.6 Å². The molecule has 0 spiro atoms. The van der Waals surface area contributed by atoms with Crippen LogP contribution in [0, 0.1) is 5.92 Å². The molecule has 1 N–H and O–H groups in total. The lowest BCUT2D eigenvalue weighted by atomic mass is 9.97. The molecule has 0 aliphatic carbocycles. The topological polar surface area (TPSA) is 92.8 Å². The number of carbonyl (C=O) groups excluding carboxylic acids is 2. The van der Waals surface area contributed by atoms with Gasteiger partial charge < -0.3 is 10.1 Å². The van der Waals surface area contributed by atoms with Crippen LogP contribution in [0.5, 0.6) is 0 Å². The zero-order chi connectivity index (χ0) is 21.6. The summed E-state index contributed by atoms with van der Waals surface area (Å²) in [5.74, 6) is -0.858. The highest BCUT2D eigenvalue weighted by molar-refractivity contribution is 7.89. The van der Waals surface area contributed by atoms with E-state index in [9.17, 15) is 18.0 Å². The quantitative estimate of drug-likeness (QED) is 0.647. The van der Waals surface area contributed by atoms with E-state index >= 15 is 0 Å². The molecule has 1 saturated heterocycles. The summed E-state index contributed by atoms with van der Waals surface area (Å²) in [6.45, 7) is 7.95. The zero-order valence-corrected chi connectivity index (χ0v) is 18.5. The number of hydrogen-bond donors (Lipinski definition) is 1. The molecule has 1 aromatic carbocycles. The summed E-state index contributed by atoms with van der Waals surface area (Å²) in [4.78, 5) is 25.0. The number of nitrogens with zero attached hydrogens (tertiary/aromatic N) is 1. The third kappa shape index (κ3) is 6.02. The number of amides is 1. The molecule has 8 heteroatoms.